The second kappa shape index (κ2) is 10.7. The van der Waals surface area contributed by atoms with Crippen LogP contribution in [0.1, 0.15) is 35.2 Å². The lowest BCUT2D eigenvalue weighted by Crippen LogP contribution is -2.45. The van der Waals surface area contributed by atoms with Crippen LogP contribution in [0.3, 0.4) is 0 Å². The Morgan fingerprint density at radius 2 is 1.78 bits per heavy atom. The fraction of sp³-hybridized carbons (Fsp3) is 0.381. The number of carboxylic acid groups (broad SMARTS) is 1. The summed E-state index contributed by atoms with van der Waals surface area (Å²) in [7, 11) is 0. The zero-order valence-corrected chi connectivity index (χ0v) is 16.7. The van der Waals surface area contributed by atoms with Crippen molar-refractivity contribution in [3.05, 3.63) is 70.7 Å². The minimum Gasteiger partial charge on any atom is -0.545 e. The van der Waals surface area contributed by atoms with Crippen LogP contribution in [-0.4, -0.2) is 40.8 Å². The van der Waals surface area contributed by atoms with Crippen LogP contribution in [0.2, 0.25) is 5.02 Å². The number of likely N-dealkylation sites (tertiary alicyclic amines) is 1. The van der Waals surface area contributed by atoms with E-state index < -0.39 is 5.97 Å². The van der Waals surface area contributed by atoms with E-state index in [4.69, 9.17) is 23.2 Å². The molecule has 27 heavy (non-hydrogen) atoms. The average Bonchev–Trinajstić information content (AvgIpc) is 3.07. The van der Waals surface area contributed by atoms with Crippen molar-refractivity contribution in [2.45, 2.75) is 31.1 Å². The van der Waals surface area contributed by atoms with Gasteiger partial charge in [0.05, 0.1) is 11.3 Å². The fourth-order valence-corrected chi connectivity index (χ4v) is 3.71. The van der Waals surface area contributed by atoms with E-state index in [1.807, 2.05) is 6.07 Å². The van der Waals surface area contributed by atoms with Gasteiger partial charge in [0.2, 0.25) is 0 Å². The lowest BCUT2D eigenvalue weighted by Gasteiger charge is -2.26. The number of carbonyl (C=O) groups is 1. The summed E-state index contributed by atoms with van der Waals surface area (Å²) in [6, 6.07) is 16.3. The number of halogens is 2. The van der Waals surface area contributed by atoms with Crippen LogP contribution in [-0.2, 0) is 6.42 Å². The number of nitrogens with zero attached hydrogens (tertiary/aromatic N) is 1. The molecule has 0 aliphatic carbocycles. The number of aromatic carboxylic acids is 1. The smallest absolute Gasteiger partial charge is 0.125 e. The maximum absolute atomic E-state index is 10.2. The number of hydrogen-bond acceptors (Lipinski definition) is 3. The standard InChI is InChI=1S/C14H21ClNO.C7H5ClO2/c15-14(12-16(17)10-4-5-11-16)9-8-13-6-2-1-3-7-13;8-6-3-1-2-5(4-6)7(9)10/h1-3,6-7,14,17H,4-5,8-12H2;1-4H,(H,9,10)/q+1;/p-1. The largest absolute Gasteiger partial charge is 0.545 e. The van der Waals surface area contributed by atoms with E-state index >= 15 is 0 Å². The van der Waals surface area contributed by atoms with E-state index in [2.05, 4.69) is 24.3 Å². The van der Waals surface area contributed by atoms with Gasteiger partial charge >= 0.3 is 0 Å². The van der Waals surface area contributed by atoms with Crippen LogP contribution >= 0.6 is 23.2 Å². The number of aryl methyl sites for hydroxylation is 1. The molecule has 1 aliphatic rings. The molecule has 3 rings (SSSR count). The molecule has 146 valence electrons. The van der Waals surface area contributed by atoms with Crippen molar-refractivity contribution in [3.63, 3.8) is 0 Å². The fourth-order valence-electron chi connectivity index (χ4n) is 3.15. The molecule has 1 N–H and O–H groups in total. The second-order valence-electron chi connectivity index (χ2n) is 6.85. The molecule has 1 heterocycles. The third-order valence-electron chi connectivity index (χ3n) is 4.59. The summed E-state index contributed by atoms with van der Waals surface area (Å²) < 4.78 is 0.183. The first-order chi connectivity index (χ1) is 12.9. The van der Waals surface area contributed by atoms with Crippen LogP contribution in [0.5, 0.6) is 0 Å². The molecule has 0 aromatic heterocycles. The van der Waals surface area contributed by atoms with Crippen molar-refractivity contribution in [1.82, 2.24) is 0 Å². The van der Waals surface area contributed by atoms with Gasteiger partial charge in [-0.1, -0.05) is 54.1 Å². The summed E-state index contributed by atoms with van der Waals surface area (Å²) in [5.74, 6) is -1.21. The van der Waals surface area contributed by atoms with E-state index in [0.717, 1.165) is 38.8 Å². The maximum atomic E-state index is 10.2. The molecule has 6 heteroatoms. The number of rotatable bonds is 6. The molecule has 0 bridgehead atoms. The number of carbonyl (C=O) groups excluding carboxylic acids is 1. The molecule has 1 atom stereocenters. The van der Waals surface area contributed by atoms with Crippen LogP contribution in [0.4, 0.5) is 0 Å². The SMILES string of the molecule is O=C([O-])c1cccc(Cl)c1.O[N+]1(CC(Cl)CCc2ccccc2)CCCC1. The van der Waals surface area contributed by atoms with Gasteiger partial charge in [-0.2, -0.15) is 4.65 Å². The van der Waals surface area contributed by atoms with Crippen molar-refractivity contribution in [2.75, 3.05) is 19.6 Å². The second-order valence-corrected chi connectivity index (χ2v) is 7.90. The Labute approximate surface area is 170 Å². The number of quaternary nitrogens is 1. The summed E-state index contributed by atoms with van der Waals surface area (Å²) in [6.07, 6.45) is 4.18. The highest BCUT2D eigenvalue weighted by Gasteiger charge is 2.32. The first-order valence-corrected chi connectivity index (χ1v) is 9.93. The van der Waals surface area contributed by atoms with Gasteiger partial charge in [-0.25, -0.2) is 5.21 Å². The third-order valence-corrected chi connectivity index (χ3v) is 5.18. The molecule has 1 unspecified atom stereocenters. The van der Waals surface area contributed by atoms with Crippen LogP contribution in [0, 0.1) is 0 Å². The van der Waals surface area contributed by atoms with Gasteiger partial charge in [-0.05, 0) is 36.1 Å². The summed E-state index contributed by atoms with van der Waals surface area (Å²) in [6.45, 7) is 2.43. The Morgan fingerprint density at radius 3 is 2.33 bits per heavy atom. The number of hydrogen-bond donors (Lipinski definition) is 1. The Morgan fingerprint density at radius 1 is 1.11 bits per heavy atom. The zero-order chi connectivity index (χ0) is 19.7. The molecule has 0 saturated carbocycles. The summed E-state index contributed by atoms with van der Waals surface area (Å²) >= 11 is 11.8. The van der Waals surface area contributed by atoms with Gasteiger partial charge in [0.25, 0.3) is 0 Å². The summed E-state index contributed by atoms with van der Waals surface area (Å²) in [5.41, 5.74) is 1.43. The lowest BCUT2D eigenvalue weighted by molar-refractivity contribution is -1.09. The van der Waals surface area contributed by atoms with Crippen LogP contribution in [0.25, 0.3) is 0 Å². The van der Waals surface area contributed by atoms with Crippen LogP contribution in [0.15, 0.2) is 54.6 Å². The quantitative estimate of drug-likeness (QED) is 0.580. The first kappa shape index (κ1) is 21.7. The molecule has 4 nitrogen and oxygen atoms in total. The molecule has 2 aromatic carbocycles. The highest BCUT2D eigenvalue weighted by Crippen LogP contribution is 2.20. The molecular formula is C21H25Cl2NO3. The van der Waals surface area contributed by atoms with Crippen molar-refractivity contribution in [2.24, 2.45) is 0 Å². The van der Waals surface area contributed by atoms with Gasteiger partial charge in [0.15, 0.2) is 0 Å². The van der Waals surface area contributed by atoms with Gasteiger partial charge in [0.1, 0.15) is 19.6 Å². The monoisotopic (exact) mass is 409 g/mol. The third kappa shape index (κ3) is 7.89. The van der Waals surface area contributed by atoms with Gasteiger partial charge < -0.3 is 9.90 Å². The maximum Gasteiger partial charge on any atom is 0.125 e. The Kier molecular flexibility index (Phi) is 8.58. The molecule has 0 radical (unpaired) electrons. The van der Waals surface area contributed by atoms with E-state index in [1.165, 1.54) is 17.7 Å². The summed E-state index contributed by atoms with van der Waals surface area (Å²) in [5, 5.41) is 20.9. The van der Waals surface area contributed by atoms with E-state index in [1.54, 1.807) is 12.1 Å². The average molecular weight is 410 g/mol. The van der Waals surface area contributed by atoms with Gasteiger partial charge in [-0.3, -0.25) is 0 Å². The van der Waals surface area contributed by atoms with Crippen molar-refractivity contribution in [1.29, 1.82) is 0 Å². The van der Waals surface area contributed by atoms with E-state index in [0.29, 0.717) is 11.6 Å². The van der Waals surface area contributed by atoms with Gasteiger partial charge in [-0.15, -0.1) is 11.6 Å². The molecule has 1 aliphatic heterocycles. The predicted octanol–water partition coefficient (Wildman–Crippen LogP) is 3.93. The van der Waals surface area contributed by atoms with Crippen molar-refractivity contribution < 1.29 is 19.8 Å². The Bertz CT molecular complexity index is 718. The molecule has 1 fully saturated rings. The lowest BCUT2D eigenvalue weighted by atomic mass is 10.1. The minimum absolute atomic E-state index is 0.0679. The topological polar surface area (TPSA) is 60.4 Å². The minimum atomic E-state index is -1.21. The van der Waals surface area contributed by atoms with Crippen molar-refractivity contribution in [3.8, 4) is 0 Å². The van der Waals surface area contributed by atoms with Crippen LogP contribution < -0.4 is 5.11 Å². The Hall–Kier alpha value is -1.59. The molecule has 2 aromatic rings. The molecule has 0 spiro atoms. The Balaban J connectivity index is 0.000000223. The molecular weight excluding hydrogens is 385 g/mol. The number of carboxylic acids is 1. The highest BCUT2D eigenvalue weighted by molar-refractivity contribution is 6.30. The van der Waals surface area contributed by atoms with E-state index in [9.17, 15) is 15.1 Å². The summed E-state index contributed by atoms with van der Waals surface area (Å²) in [4.78, 5) is 10.2. The van der Waals surface area contributed by atoms with Gasteiger partial charge in [0, 0.05) is 17.9 Å². The molecule has 1 saturated heterocycles. The van der Waals surface area contributed by atoms with Crippen molar-refractivity contribution >= 4 is 29.2 Å². The number of hydroxylamine groups is 3. The predicted molar refractivity (Wildman–Crippen MR) is 106 cm³/mol. The van der Waals surface area contributed by atoms with E-state index in [-0.39, 0.29) is 15.6 Å². The number of alkyl halides is 1. The highest BCUT2D eigenvalue weighted by atomic mass is 35.5. The zero-order valence-electron chi connectivity index (χ0n) is 15.2. The number of benzene rings is 2. The molecule has 0 amide bonds. The first-order valence-electron chi connectivity index (χ1n) is 9.12. The normalized spacial score (nSPS) is 16.3.